The quantitative estimate of drug-likeness (QED) is 0.840. The molecule has 0 atom stereocenters. The van der Waals surface area contributed by atoms with Gasteiger partial charge in [0.2, 0.25) is 0 Å². The first-order chi connectivity index (χ1) is 8.06. The predicted octanol–water partition coefficient (Wildman–Crippen LogP) is 2.49. The zero-order valence-corrected chi connectivity index (χ0v) is 11.5. The number of aromatic nitrogens is 2. The fourth-order valence-electron chi connectivity index (χ4n) is 1.97. The molecule has 0 aliphatic carbocycles. The Morgan fingerprint density at radius 1 is 1.53 bits per heavy atom. The van der Waals surface area contributed by atoms with Crippen LogP contribution in [0.1, 0.15) is 35.2 Å². The number of hydrogen-bond acceptors (Lipinski definition) is 3. The van der Waals surface area contributed by atoms with Crippen LogP contribution >= 0.6 is 11.3 Å². The number of thiazole rings is 1. The smallest absolute Gasteiger partial charge is 0.272 e. The number of hydrogen-bond donors (Lipinski definition) is 0. The van der Waals surface area contributed by atoms with Crippen molar-refractivity contribution in [3.63, 3.8) is 0 Å². The lowest BCUT2D eigenvalue weighted by Crippen LogP contribution is -2.29. The average molecular weight is 251 g/mol. The molecule has 4 nitrogen and oxygen atoms in total. The van der Waals surface area contributed by atoms with E-state index in [1.54, 1.807) is 16.2 Å². The van der Waals surface area contributed by atoms with Gasteiger partial charge in [-0.1, -0.05) is 6.92 Å². The third kappa shape index (κ3) is 1.95. The number of carbonyl (C=O) groups excluding carboxylic acids is 1. The molecular formula is C12H17N3OS. The summed E-state index contributed by atoms with van der Waals surface area (Å²) >= 11 is 1.57. The van der Waals surface area contributed by atoms with Crippen molar-refractivity contribution in [2.75, 3.05) is 13.6 Å². The first-order valence-electron chi connectivity index (χ1n) is 5.74. The first-order valence-corrected chi connectivity index (χ1v) is 6.62. The van der Waals surface area contributed by atoms with Gasteiger partial charge >= 0.3 is 0 Å². The molecule has 17 heavy (non-hydrogen) atoms. The lowest BCUT2D eigenvalue weighted by atomic mass is 10.3. The predicted molar refractivity (Wildman–Crippen MR) is 69.8 cm³/mol. The number of rotatable bonds is 3. The molecule has 2 heterocycles. The van der Waals surface area contributed by atoms with E-state index in [2.05, 4.69) is 11.9 Å². The Kier molecular flexibility index (Phi) is 3.19. The average Bonchev–Trinajstić information content (AvgIpc) is 2.78. The van der Waals surface area contributed by atoms with E-state index in [1.807, 2.05) is 30.7 Å². The molecule has 0 spiro atoms. The second-order valence-electron chi connectivity index (χ2n) is 4.27. The van der Waals surface area contributed by atoms with E-state index in [9.17, 15) is 4.79 Å². The molecule has 0 bridgehead atoms. The number of aryl methyl sites for hydroxylation is 2. The number of imidazole rings is 1. The molecule has 0 N–H and O–H groups in total. The molecule has 0 saturated heterocycles. The summed E-state index contributed by atoms with van der Waals surface area (Å²) in [6.07, 6.45) is 0.964. The number of carbonyl (C=O) groups is 1. The molecule has 2 aromatic rings. The van der Waals surface area contributed by atoms with E-state index in [0.29, 0.717) is 5.69 Å². The van der Waals surface area contributed by atoms with Crippen LogP contribution in [0.25, 0.3) is 4.96 Å². The van der Waals surface area contributed by atoms with Gasteiger partial charge in [-0.15, -0.1) is 11.3 Å². The van der Waals surface area contributed by atoms with Crippen molar-refractivity contribution < 1.29 is 4.79 Å². The molecule has 0 unspecified atom stereocenters. The van der Waals surface area contributed by atoms with Crippen molar-refractivity contribution in [2.24, 2.45) is 0 Å². The van der Waals surface area contributed by atoms with E-state index in [-0.39, 0.29) is 5.91 Å². The minimum absolute atomic E-state index is 0.0540. The topological polar surface area (TPSA) is 37.6 Å². The highest BCUT2D eigenvalue weighted by Gasteiger charge is 2.21. The van der Waals surface area contributed by atoms with Crippen LogP contribution in [-0.4, -0.2) is 33.8 Å². The van der Waals surface area contributed by atoms with Crippen molar-refractivity contribution in [2.45, 2.75) is 27.2 Å². The third-order valence-corrected chi connectivity index (χ3v) is 3.76. The molecule has 92 valence electrons. The van der Waals surface area contributed by atoms with Crippen LogP contribution in [0.3, 0.4) is 0 Å². The van der Waals surface area contributed by atoms with Gasteiger partial charge in [-0.3, -0.25) is 9.20 Å². The largest absolute Gasteiger partial charge is 0.340 e. The minimum atomic E-state index is 0.0540. The maximum Gasteiger partial charge on any atom is 0.272 e. The summed E-state index contributed by atoms with van der Waals surface area (Å²) in [5.41, 5.74) is 2.58. The van der Waals surface area contributed by atoms with Crippen molar-refractivity contribution >= 4 is 22.2 Å². The zero-order chi connectivity index (χ0) is 12.6. The summed E-state index contributed by atoms with van der Waals surface area (Å²) in [6, 6.07) is 0. The van der Waals surface area contributed by atoms with Crippen LogP contribution in [0.4, 0.5) is 0 Å². The number of fused-ring (bicyclic) bond motifs is 1. The van der Waals surface area contributed by atoms with Gasteiger partial charge < -0.3 is 4.90 Å². The van der Waals surface area contributed by atoms with Crippen molar-refractivity contribution in [1.29, 1.82) is 0 Å². The maximum atomic E-state index is 12.4. The molecular weight excluding hydrogens is 234 g/mol. The Morgan fingerprint density at radius 2 is 2.24 bits per heavy atom. The van der Waals surface area contributed by atoms with Gasteiger partial charge in [0.15, 0.2) is 4.96 Å². The Bertz CT molecular complexity index is 555. The Balaban J connectivity index is 2.50. The molecule has 0 aliphatic heterocycles. The maximum absolute atomic E-state index is 12.4. The number of amides is 1. The first kappa shape index (κ1) is 12.1. The van der Waals surface area contributed by atoms with Crippen LogP contribution in [-0.2, 0) is 0 Å². The van der Waals surface area contributed by atoms with E-state index < -0.39 is 0 Å². The molecule has 0 aliphatic rings. The fourth-order valence-corrected chi connectivity index (χ4v) is 2.88. The van der Waals surface area contributed by atoms with Gasteiger partial charge in [-0.05, 0) is 20.3 Å². The monoisotopic (exact) mass is 251 g/mol. The molecule has 5 heteroatoms. The second kappa shape index (κ2) is 4.49. The highest BCUT2D eigenvalue weighted by Crippen LogP contribution is 2.21. The summed E-state index contributed by atoms with van der Waals surface area (Å²) in [5, 5.41) is 2.03. The molecule has 0 fully saturated rings. The highest BCUT2D eigenvalue weighted by molar-refractivity contribution is 7.15. The Hall–Kier alpha value is -1.36. The zero-order valence-electron chi connectivity index (χ0n) is 10.6. The van der Waals surface area contributed by atoms with Crippen LogP contribution < -0.4 is 0 Å². The highest BCUT2D eigenvalue weighted by atomic mass is 32.1. The third-order valence-electron chi connectivity index (χ3n) is 2.82. The summed E-state index contributed by atoms with van der Waals surface area (Å²) in [6.45, 7) is 6.74. The summed E-state index contributed by atoms with van der Waals surface area (Å²) in [4.78, 5) is 19.4. The van der Waals surface area contributed by atoms with Gasteiger partial charge in [0.25, 0.3) is 5.91 Å². The van der Waals surface area contributed by atoms with E-state index in [4.69, 9.17) is 0 Å². The number of nitrogens with zero attached hydrogens (tertiary/aromatic N) is 3. The summed E-state index contributed by atoms with van der Waals surface area (Å²) < 4.78 is 1.95. The van der Waals surface area contributed by atoms with Gasteiger partial charge in [-0.2, -0.15) is 0 Å². The van der Waals surface area contributed by atoms with E-state index in [1.165, 1.54) is 0 Å². The molecule has 0 saturated carbocycles. The van der Waals surface area contributed by atoms with Gasteiger partial charge in [0.1, 0.15) is 5.69 Å². The van der Waals surface area contributed by atoms with Crippen molar-refractivity contribution in [1.82, 2.24) is 14.3 Å². The van der Waals surface area contributed by atoms with Gasteiger partial charge in [0, 0.05) is 24.7 Å². The summed E-state index contributed by atoms with van der Waals surface area (Å²) in [7, 11) is 1.84. The molecule has 2 aromatic heterocycles. The minimum Gasteiger partial charge on any atom is -0.340 e. The standard InChI is InChI=1S/C12H17N3OS/c1-5-6-14(4)11(16)10-9(3)13-12-15(10)8(2)7-17-12/h7H,5-6H2,1-4H3. The second-order valence-corrected chi connectivity index (χ2v) is 5.10. The molecule has 0 radical (unpaired) electrons. The Morgan fingerprint density at radius 3 is 2.88 bits per heavy atom. The fraction of sp³-hybridized carbons (Fsp3) is 0.500. The lowest BCUT2D eigenvalue weighted by molar-refractivity contribution is 0.0787. The molecule has 2 rings (SSSR count). The van der Waals surface area contributed by atoms with Gasteiger partial charge in [-0.25, -0.2) is 4.98 Å². The normalized spacial score (nSPS) is 11.1. The van der Waals surface area contributed by atoms with Gasteiger partial charge in [0.05, 0.1) is 5.69 Å². The summed E-state index contributed by atoms with van der Waals surface area (Å²) in [5.74, 6) is 0.0540. The van der Waals surface area contributed by atoms with Crippen LogP contribution in [0.15, 0.2) is 5.38 Å². The van der Waals surface area contributed by atoms with Crippen molar-refractivity contribution in [3.05, 3.63) is 22.5 Å². The van der Waals surface area contributed by atoms with Crippen LogP contribution in [0, 0.1) is 13.8 Å². The van der Waals surface area contributed by atoms with Crippen LogP contribution in [0.5, 0.6) is 0 Å². The van der Waals surface area contributed by atoms with E-state index >= 15 is 0 Å². The molecule has 1 amide bonds. The van der Waals surface area contributed by atoms with Crippen molar-refractivity contribution in [3.8, 4) is 0 Å². The van der Waals surface area contributed by atoms with E-state index in [0.717, 1.165) is 29.3 Å². The lowest BCUT2D eigenvalue weighted by Gasteiger charge is -2.16. The van der Waals surface area contributed by atoms with Crippen LogP contribution in [0.2, 0.25) is 0 Å². The Labute approximate surface area is 105 Å². The SMILES string of the molecule is CCCN(C)C(=O)c1c(C)nc2scc(C)n12. The molecule has 0 aromatic carbocycles.